The van der Waals surface area contributed by atoms with Gasteiger partial charge in [0.25, 0.3) is 9.05 Å². The summed E-state index contributed by atoms with van der Waals surface area (Å²) in [5.74, 6) is 0. The average molecular weight is 266 g/mol. The van der Waals surface area contributed by atoms with Gasteiger partial charge in [0.1, 0.15) is 4.90 Å². The number of halogens is 2. The highest BCUT2D eigenvalue weighted by Gasteiger charge is 2.22. The summed E-state index contributed by atoms with van der Waals surface area (Å²) >= 11 is 5.86. The summed E-state index contributed by atoms with van der Waals surface area (Å²) in [5, 5.41) is 0.194. The van der Waals surface area contributed by atoms with Crippen LogP contribution in [-0.2, 0) is 15.5 Å². The molecule has 0 aromatic heterocycles. The largest absolute Gasteiger partial charge is 0.374 e. The van der Waals surface area contributed by atoms with Crippen molar-refractivity contribution < 1.29 is 8.42 Å². The van der Waals surface area contributed by atoms with Crippen LogP contribution in [0.3, 0.4) is 0 Å². The zero-order valence-corrected chi connectivity index (χ0v) is 10.3. The predicted molar refractivity (Wildman–Crippen MR) is 61.5 cm³/mol. The van der Waals surface area contributed by atoms with Gasteiger partial charge in [-0.25, -0.2) is 8.42 Å². The van der Waals surface area contributed by atoms with Gasteiger partial charge in [-0.15, -0.1) is 0 Å². The number of rotatable bonds is 1. The molecule has 1 aliphatic heterocycles. The number of nitrogens with zero attached hydrogens (tertiary/aromatic N) is 1. The average Bonchev–Trinajstić information content (AvgIpc) is 2.44. The highest BCUT2D eigenvalue weighted by molar-refractivity contribution is 8.13. The molecule has 0 amide bonds. The molecule has 82 valence electrons. The van der Waals surface area contributed by atoms with Crippen molar-refractivity contribution in [1.29, 1.82) is 0 Å². The van der Waals surface area contributed by atoms with Crippen molar-refractivity contribution in [2.75, 3.05) is 18.5 Å². The van der Waals surface area contributed by atoms with Crippen molar-refractivity contribution in [1.82, 2.24) is 0 Å². The van der Waals surface area contributed by atoms with E-state index in [4.69, 9.17) is 22.3 Å². The Labute approximate surface area is 98.0 Å². The maximum atomic E-state index is 11.2. The number of anilines is 1. The van der Waals surface area contributed by atoms with E-state index in [-0.39, 0.29) is 9.92 Å². The molecule has 0 atom stereocenters. The van der Waals surface area contributed by atoms with Gasteiger partial charge >= 0.3 is 0 Å². The van der Waals surface area contributed by atoms with Crippen LogP contribution in [0, 0.1) is 0 Å². The lowest BCUT2D eigenvalue weighted by Gasteiger charge is -2.12. The van der Waals surface area contributed by atoms with Gasteiger partial charge in [0.15, 0.2) is 0 Å². The van der Waals surface area contributed by atoms with E-state index in [9.17, 15) is 8.42 Å². The molecule has 1 heterocycles. The van der Waals surface area contributed by atoms with Crippen LogP contribution in [0.5, 0.6) is 0 Å². The van der Waals surface area contributed by atoms with Crippen molar-refractivity contribution in [3.05, 3.63) is 22.7 Å². The molecule has 0 fully saturated rings. The Kier molecular flexibility index (Phi) is 2.61. The van der Waals surface area contributed by atoms with E-state index in [0.717, 1.165) is 24.2 Å². The van der Waals surface area contributed by atoms with Crippen LogP contribution < -0.4 is 4.90 Å². The third-order valence-corrected chi connectivity index (χ3v) is 4.31. The minimum Gasteiger partial charge on any atom is -0.374 e. The fraction of sp³-hybridized carbons (Fsp3) is 0.333. The molecule has 0 bridgehead atoms. The van der Waals surface area contributed by atoms with E-state index < -0.39 is 9.05 Å². The summed E-state index contributed by atoms with van der Waals surface area (Å²) in [6, 6.07) is 3.21. The number of hydrogen-bond donors (Lipinski definition) is 0. The molecule has 0 N–H and O–H groups in total. The van der Waals surface area contributed by atoms with E-state index in [1.54, 1.807) is 6.07 Å². The number of benzene rings is 1. The Morgan fingerprint density at radius 2 is 2.07 bits per heavy atom. The van der Waals surface area contributed by atoms with Crippen LogP contribution in [0.2, 0.25) is 5.02 Å². The summed E-state index contributed by atoms with van der Waals surface area (Å²) in [6.45, 7) is 0.872. The van der Waals surface area contributed by atoms with Gasteiger partial charge in [0.05, 0.1) is 5.02 Å². The van der Waals surface area contributed by atoms with E-state index >= 15 is 0 Å². The standard InChI is InChI=1S/C9H9Cl2NO2S/c1-12-3-2-6-4-7(10)9(5-8(6)12)15(11,13)14/h4-5H,2-3H2,1H3. The van der Waals surface area contributed by atoms with Gasteiger partial charge in [0.2, 0.25) is 0 Å². The van der Waals surface area contributed by atoms with E-state index in [2.05, 4.69) is 0 Å². The molecule has 15 heavy (non-hydrogen) atoms. The zero-order valence-electron chi connectivity index (χ0n) is 8.00. The Hall–Kier alpha value is -0.450. The SMILES string of the molecule is CN1CCc2cc(Cl)c(S(=O)(=O)Cl)cc21. The molecule has 6 heteroatoms. The van der Waals surface area contributed by atoms with Crippen LogP contribution in [-0.4, -0.2) is 22.0 Å². The zero-order chi connectivity index (χ0) is 11.2. The van der Waals surface area contributed by atoms with Crippen LogP contribution in [0.4, 0.5) is 5.69 Å². The fourth-order valence-corrected chi connectivity index (χ4v) is 3.27. The molecule has 0 aliphatic carbocycles. The van der Waals surface area contributed by atoms with E-state index in [0.29, 0.717) is 0 Å². The van der Waals surface area contributed by atoms with Crippen LogP contribution in [0.15, 0.2) is 17.0 Å². The minimum atomic E-state index is -3.76. The molecule has 1 aromatic carbocycles. The maximum Gasteiger partial charge on any atom is 0.262 e. The first-order chi connectivity index (χ1) is 6.89. The second-order valence-corrected chi connectivity index (χ2v) is 6.46. The second kappa shape index (κ2) is 3.54. The smallest absolute Gasteiger partial charge is 0.262 e. The first kappa shape index (κ1) is 11.0. The third kappa shape index (κ3) is 1.94. The van der Waals surface area contributed by atoms with E-state index in [1.165, 1.54) is 6.07 Å². The highest BCUT2D eigenvalue weighted by atomic mass is 35.7. The lowest BCUT2D eigenvalue weighted by molar-refractivity contribution is 0.609. The van der Waals surface area contributed by atoms with Gasteiger partial charge in [-0.3, -0.25) is 0 Å². The van der Waals surface area contributed by atoms with Gasteiger partial charge in [-0.2, -0.15) is 0 Å². The van der Waals surface area contributed by atoms with Crippen molar-refractivity contribution in [3.8, 4) is 0 Å². The molecule has 2 rings (SSSR count). The topological polar surface area (TPSA) is 37.4 Å². The molecule has 3 nitrogen and oxygen atoms in total. The maximum absolute atomic E-state index is 11.2. The molecule has 1 aliphatic rings. The monoisotopic (exact) mass is 265 g/mol. The molecule has 0 unspecified atom stereocenters. The lowest BCUT2D eigenvalue weighted by atomic mass is 10.2. The fourth-order valence-electron chi connectivity index (χ4n) is 1.73. The normalized spacial score (nSPS) is 15.5. The van der Waals surface area contributed by atoms with Crippen molar-refractivity contribution in [3.63, 3.8) is 0 Å². The molecular formula is C9H9Cl2NO2S. The van der Waals surface area contributed by atoms with Crippen LogP contribution >= 0.6 is 22.3 Å². The third-order valence-electron chi connectivity index (χ3n) is 2.52. The van der Waals surface area contributed by atoms with Gasteiger partial charge < -0.3 is 4.90 Å². The summed E-state index contributed by atoms with van der Waals surface area (Å²) in [7, 11) is 3.42. The Balaban J connectivity index is 2.66. The molecular weight excluding hydrogens is 257 g/mol. The number of fused-ring (bicyclic) bond motifs is 1. The van der Waals surface area contributed by atoms with Crippen molar-refractivity contribution in [2.45, 2.75) is 11.3 Å². The Morgan fingerprint density at radius 1 is 1.40 bits per heavy atom. The molecule has 0 saturated carbocycles. The molecule has 0 spiro atoms. The molecule has 0 radical (unpaired) electrons. The molecule has 1 aromatic rings. The molecule has 0 saturated heterocycles. The van der Waals surface area contributed by atoms with Gasteiger partial charge in [0, 0.05) is 30.0 Å². The minimum absolute atomic E-state index is 0.0154. The Morgan fingerprint density at radius 3 is 2.67 bits per heavy atom. The van der Waals surface area contributed by atoms with Crippen LogP contribution in [0.1, 0.15) is 5.56 Å². The summed E-state index contributed by atoms with van der Waals surface area (Å²) in [4.78, 5) is 1.97. The predicted octanol–water partition coefficient (Wildman–Crippen LogP) is 2.26. The lowest BCUT2D eigenvalue weighted by Crippen LogP contribution is -2.12. The van der Waals surface area contributed by atoms with Crippen molar-refractivity contribution in [2.24, 2.45) is 0 Å². The first-order valence-electron chi connectivity index (χ1n) is 4.38. The quantitative estimate of drug-likeness (QED) is 0.732. The summed E-state index contributed by atoms with van der Waals surface area (Å²) in [5.41, 5.74) is 1.95. The highest BCUT2D eigenvalue weighted by Crippen LogP contribution is 2.35. The number of likely N-dealkylation sites (N-methyl/N-ethyl adjacent to an activating group) is 1. The van der Waals surface area contributed by atoms with Crippen LogP contribution in [0.25, 0.3) is 0 Å². The van der Waals surface area contributed by atoms with Gasteiger partial charge in [-0.1, -0.05) is 11.6 Å². The number of hydrogen-bond acceptors (Lipinski definition) is 3. The summed E-state index contributed by atoms with van der Waals surface area (Å²) in [6.07, 6.45) is 0.883. The van der Waals surface area contributed by atoms with Gasteiger partial charge in [-0.05, 0) is 24.1 Å². The summed E-state index contributed by atoms with van der Waals surface area (Å²) < 4.78 is 22.4. The second-order valence-electron chi connectivity index (χ2n) is 3.52. The van der Waals surface area contributed by atoms with E-state index in [1.807, 2.05) is 11.9 Å². The van der Waals surface area contributed by atoms with Crippen molar-refractivity contribution >= 4 is 37.0 Å². The Bertz CT molecular complexity index is 513. The first-order valence-corrected chi connectivity index (χ1v) is 7.06.